The van der Waals surface area contributed by atoms with E-state index >= 15 is 0 Å². The second kappa shape index (κ2) is 5.85. The number of rotatable bonds is 5. The molecule has 1 heterocycles. The van der Waals surface area contributed by atoms with Crippen LogP contribution in [0.2, 0.25) is 0 Å². The first kappa shape index (κ1) is 14.5. The molecule has 0 aromatic carbocycles. The molecule has 3 heteroatoms. The molecule has 1 rings (SSSR count). The quantitative estimate of drug-likeness (QED) is 0.802. The number of likely N-dealkylation sites (tertiary alicyclic amines) is 1. The van der Waals surface area contributed by atoms with Crippen LogP contribution in [0.5, 0.6) is 0 Å². The third-order valence-corrected chi connectivity index (χ3v) is 3.97. The van der Waals surface area contributed by atoms with Gasteiger partial charge in [-0.2, -0.15) is 0 Å². The maximum atomic E-state index is 11.9. The molecular weight excluding hydrogens is 212 g/mol. The number of carbonyl (C=O) groups excluding carboxylic acids is 1. The van der Waals surface area contributed by atoms with Crippen molar-refractivity contribution in [3.63, 3.8) is 0 Å². The van der Waals surface area contributed by atoms with Crippen LogP contribution in [0.4, 0.5) is 0 Å². The highest BCUT2D eigenvalue weighted by Crippen LogP contribution is 2.34. The number of amides is 1. The van der Waals surface area contributed by atoms with Crippen molar-refractivity contribution in [3.8, 4) is 0 Å². The van der Waals surface area contributed by atoms with E-state index in [-0.39, 0.29) is 5.41 Å². The first-order valence-electron chi connectivity index (χ1n) is 6.88. The topological polar surface area (TPSA) is 46.3 Å². The summed E-state index contributed by atoms with van der Waals surface area (Å²) in [5.41, 5.74) is 6.13. The van der Waals surface area contributed by atoms with Gasteiger partial charge in [-0.3, -0.25) is 4.79 Å². The Morgan fingerprint density at radius 1 is 1.47 bits per heavy atom. The second-order valence-corrected chi connectivity index (χ2v) is 6.42. The zero-order chi connectivity index (χ0) is 13.1. The van der Waals surface area contributed by atoms with Crippen LogP contribution in [0, 0.1) is 11.3 Å². The lowest BCUT2D eigenvalue weighted by Crippen LogP contribution is -2.29. The Bertz CT molecular complexity index is 257. The summed E-state index contributed by atoms with van der Waals surface area (Å²) in [7, 11) is 0. The molecule has 2 unspecified atom stereocenters. The predicted octanol–water partition coefficient (Wildman–Crippen LogP) is 2.40. The van der Waals surface area contributed by atoms with E-state index in [1.165, 1.54) is 0 Å². The highest BCUT2D eigenvalue weighted by molar-refractivity contribution is 5.78. The summed E-state index contributed by atoms with van der Waals surface area (Å²) in [6.07, 6.45) is 3.82. The van der Waals surface area contributed by atoms with Gasteiger partial charge in [0.1, 0.15) is 0 Å². The lowest BCUT2D eigenvalue weighted by molar-refractivity contribution is -0.127. The molecular formula is C14H28N2O. The van der Waals surface area contributed by atoms with Crippen molar-refractivity contribution in [2.75, 3.05) is 13.1 Å². The minimum Gasteiger partial charge on any atom is -0.342 e. The number of carbonyl (C=O) groups is 1. The molecule has 2 atom stereocenters. The summed E-state index contributed by atoms with van der Waals surface area (Å²) in [6.45, 7) is 10.6. The number of hydrogen-bond donors (Lipinski definition) is 1. The van der Waals surface area contributed by atoms with Gasteiger partial charge >= 0.3 is 0 Å². The minimum atomic E-state index is 0.240. The molecule has 1 saturated heterocycles. The Morgan fingerprint density at radius 2 is 2.12 bits per heavy atom. The fourth-order valence-electron chi connectivity index (χ4n) is 2.32. The van der Waals surface area contributed by atoms with E-state index in [4.69, 9.17) is 5.73 Å². The van der Waals surface area contributed by atoms with Crippen molar-refractivity contribution in [2.24, 2.45) is 17.1 Å². The van der Waals surface area contributed by atoms with Crippen molar-refractivity contribution in [2.45, 2.75) is 59.4 Å². The molecule has 2 N–H and O–H groups in total. The molecule has 3 nitrogen and oxygen atoms in total. The summed E-state index contributed by atoms with van der Waals surface area (Å²) in [5.74, 6) is 0.838. The summed E-state index contributed by atoms with van der Waals surface area (Å²) < 4.78 is 0. The van der Waals surface area contributed by atoms with Crippen LogP contribution < -0.4 is 5.73 Å². The first-order valence-corrected chi connectivity index (χ1v) is 6.88. The molecule has 100 valence electrons. The Morgan fingerprint density at radius 3 is 2.59 bits per heavy atom. The maximum Gasteiger partial charge on any atom is 0.222 e. The zero-order valence-corrected chi connectivity index (χ0v) is 11.8. The molecule has 0 aromatic rings. The number of nitrogens with two attached hydrogens (primary N) is 1. The van der Waals surface area contributed by atoms with E-state index in [1.54, 1.807) is 0 Å². The Hall–Kier alpha value is -0.570. The lowest BCUT2D eigenvalue weighted by atomic mass is 9.80. The molecule has 1 amide bonds. The van der Waals surface area contributed by atoms with Crippen LogP contribution in [-0.2, 0) is 4.79 Å². The fraction of sp³-hybridized carbons (Fsp3) is 0.929. The van der Waals surface area contributed by atoms with Crippen molar-refractivity contribution in [1.29, 1.82) is 0 Å². The van der Waals surface area contributed by atoms with E-state index in [9.17, 15) is 4.79 Å². The Labute approximate surface area is 106 Å². The van der Waals surface area contributed by atoms with Gasteiger partial charge < -0.3 is 10.6 Å². The number of hydrogen-bond acceptors (Lipinski definition) is 2. The van der Waals surface area contributed by atoms with E-state index in [0.29, 0.717) is 17.9 Å². The smallest absolute Gasteiger partial charge is 0.222 e. The van der Waals surface area contributed by atoms with Gasteiger partial charge in [-0.1, -0.05) is 27.7 Å². The van der Waals surface area contributed by atoms with Gasteiger partial charge in [-0.05, 0) is 30.6 Å². The minimum absolute atomic E-state index is 0.240. The SMILES string of the molecule is CCC(N)CCCN1CC(C(C)(C)C)CC1=O. The third kappa shape index (κ3) is 4.30. The van der Waals surface area contributed by atoms with Crippen LogP contribution in [0.25, 0.3) is 0 Å². The van der Waals surface area contributed by atoms with E-state index in [2.05, 4.69) is 27.7 Å². The van der Waals surface area contributed by atoms with E-state index in [1.807, 2.05) is 4.90 Å². The van der Waals surface area contributed by atoms with Crippen molar-refractivity contribution in [1.82, 2.24) is 4.90 Å². The standard InChI is InChI=1S/C14H28N2O/c1-5-12(15)7-6-8-16-10-11(9-13(16)17)14(2,3)4/h11-12H,5-10,15H2,1-4H3. The van der Waals surface area contributed by atoms with Gasteiger partial charge in [0.25, 0.3) is 0 Å². The van der Waals surface area contributed by atoms with Gasteiger partial charge in [0.05, 0.1) is 0 Å². The van der Waals surface area contributed by atoms with Crippen LogP contribution in [0.15, 0.2) is 0 Å². The molecule has 0 radical (unpaired) electrons. The van der Waals surface area contributed by atoms with E-state index in [0.717, 1.165) is 38.8 Å². The van der Waals surface area contributed by atoms with Gasteiger partial charge in [-0.25, -0.2) is 0 Å². The highest BCUT2D eigenvalue weighted by Gasteiger charge is 2.36. The second-order valence-electron chi connectivity index (χ2n) is 6.42. The van der Waals surface area contributed by atoms with Crippen LogP contribution in [0.3, 0.4) is 0 Å². The largest absolute Gasteiger partial charge is 0.342 e. The van der Waals surface area contributed by atoms with Gasteiger partial charge in [0, 0.05) is 25.6 Å². The Balaban J connectivity index is 2.34. The van der Waals surface area contributed by atoms with Crippen molar-refractivity contribution >= 4 is 5.91 Å². The Kier molecular flexibility index (Phi) is 4.99. The zero-order valence-electron chi connectivity index (χ0n) is 11.8. The molecule has 0 spiro atoms. The van der Waals surface area contributed by atoms with E-state index < -0.39 is 0 Å². The normalized spacial score (nSPS) is 23.2. The van der Waals surface area contributed by atoms with Crippen molar-refractivity contribution < 1.29 is 4.79 Å². The molecule has 0 saturated carbocycles. The maximum absolute atomic E-state index is 11.9. The van der Waals surface area contributed by atoms with Gasteiger partial charge in [-0.15, -0.1) is 0 Å². The summed E-state index contributed by atoms with van der Waals surface area (Å²) in [4.78, 5) is 13.9. The molecule has 0 bridgehead atoms. The van der Waals surface area contributed by atoms with Crippen LogP contribution in [-0.4, -0.2) is 29.9 Å². The average Bonchev–Trinajstić information content (AvgIpc) is 2.60. The molecule has 1 aliphatic rings. The molecule has 1 fully saturated rings. The molecule has 0 aromatic heterocycles. The fourth-order valence-corrected chi connectivity index (χ4v) is 2.32. The molecule has 0 aliphatic carbocycles. The predicted molar refractivity (Wildman–Crippen MR) is 71.6 cm³/mol. The van der Waals surface area contributed by atoms with Crippen LogP contribution in [0.1, 0.15) is 53.4 Å². The summed E-state index contributed by atoms with van der Waals surface area (Å²) >= 11 is 0. The highest BCUT2D eigenvalue weighted by atomic mass is 16.2. The number of nitrogens with zero attached hydrogens (tertiary/aromatic N) is 1. The third-order valence-electron chi connectivity index (χ3n) is 3.97. The van der Waals surface area contributed by atoms with Gasteiger partial charge in [0.15, 0.2) is 0 Å². The molecule has 17 heavy (non-hydrogen) atoms. The molecule has 1 aliphatic heterocycles. The summed E-state index contributed by atoms with van der Waals surface area (Å²) in [6, 6.07) is 0.297. The summed E-state index contributed by atoms with van der Waals surface area (Å²) in [5, 5.41) is 0. The average molecular weight is 240 g/mol. The van der Waals surface area contributed by atoms with Gasteiger partial charge in [0.2, 0.25) is 5.91 Å². The monoisotopic (exact) mass is 240 g/mol. The van der Waals surface area contributed by atoms with Crippen molar-refractivity contribution in [3.05, 3.63) is 0 Å². The lowest BCUT2D eigenvalue weighted by Gasteiger charge is -2.26. The van der Waals surface area contributed by atoms with Crippen LogP contribution >= 0.6 is 0 Å². The first-order chi connectivity index (χ1) is 7.84.